The summed E-state index contributed by atoms with van der Waals surface area (Å²) in [5.74, 6) is -4.90. The van der Waals surface area contributed by atoms with Crippen molar-refractivity contribution in [1.82, 2.24) is 34.9 Å². The van der Waals surface area contributed by atoms with Gasteiger partial charge in [0.25, 0.3) is 17.7 Å². The molecule has 6 aromatic rings. The summed E-state index contributed by atoms with van der Waals surface area (Å²) in [5, 5.41) is 65.4. The van der Waals surface area contributed by atoms with E-state index in [1.165, 1.54) is 41.5 Å². The largest absolute Gasteiger partial charge is 0.496 e. The summed E-state index contributed by atoms with van der Waals surface area (Å²) in [6.07, 6.45) is 2.05. The molecular formula is C71H80N10O19S. The van der Waals surface area contributed by atoms with Crippen LogP contribution < -0.4 is 30.3 Å². The normalized spacial score (nSPS) is 25.0. The summed E-state index contributed by atoms with van der Waals surface area (Å²) < 4.78 is 38.0. The van der Waals surface area contributed by atoms with Gasteiger partial charge in [-0.25, -0.2) is 24.4 Å². The number of carboxylic acids is 2. The summed E-state index contributed by atoms with van der Waals surface area (Å²) in [6.45, 7) is 7.77. The molecule has 101 heavy (non-hydrogen) atoms. The zero-order valence-corrected chi connectivity index (χ0v) is 57.2. The molecule has 4 bridgehead atoms. The number of hydrogen-bond donors (Lipinski definition) is 8. The second kappa shape index (κ2) is 29.1. The maximum Gasteiger partial charge on any atom is 0.410 e. The molecule has 6 amide bonds. The Bertz CT molecular complexity index is 4240. The Morgan fingerprint density at radius 1 is 0.812 bits per heavy atom. The SMILES string of the molecule is COCCN(CCOC12CC3(C)CC(C)(CC(Cn4ncc(-c5ccc(N6CCc7c(OC)ccc(C(=O)Nc8nc9ccccc9s8)c7C6)nc5C(=O)O)c4C)(C3)C1)C2)C(=O)OC/C=C/c1ccc(O[C@@H]2O[C@H](C(=O)O)[C@@H](O)[C@H](O)[C@H]2O)c(NC(=O)CCNC(=O)CN2C(=O)C=CC2=O)c1. The standard InChI is InChI=1S/C71H80N10O19S/c1-40-45(43-14-17-52(76-57(43)63(90)91)79-23-21-42-46(31-79)44(13-16-49(42)96-5)62(89)77-66-75-47-10-6-7-11-51(47)101-66)30-73-81(40)39-70-34-68(2)33-69(3,35-70)37-71(36-68,38-70)98-28-25-78(24-27-95-4)67(94)97-26-8-9-41-12-15-50(99-65-60(88)58(86)59(87)61(100-65)64(92)93)48(29-41)74-53(82)20-22-72-54(83)32-80-55(84)18-19-56(80)85/h6-19,29-30,58-61,65,86-88H,20-28,31-39H2,1-5H3,(H,72,83)(H,74,82)(H,90,91)(H,92,93)(H,75,77,89)/b9-8+/t58-,59-,60+,61-,65+,68?,69?,70?,71?/m0/s1. The molecule has 6 heterocycles. The van der Waals surface area contributed by atoms with Crippen LogP contribution in [0.5, 0.6) is 11.5 Å². The number of aromatic nitrogens is 4. The number of thiazole rings is 1. The summed E-state index contributed by atoms with van der Waals surface area (Å²) in [6, 6.07) is 19.1. The highest BCUT2D eigenvalue weighted by Crippen LogP contribution is 2.72. The maximum atomic E-state index is 14.0. The third-order valence-corrected chi connectivity index (χ3v) is 20.7. The first-order valence-corrected chi connectivity index (χ1v) is 34.0. The first kappa shape index (κ1) is 71.1. The number of nitrogens with one attached hydrogen (secondary N) is 3. The van der Waals surface area contributed by atoms with E-state index in [0.29, 0.717) is 58.5 Å². The molecule has 4 saturated carbocycles. The van der Waals surface area contributed by atoms with Crippen LogP contribution in [-0.4, -0.2) is 206 Å². The molecule has 7 atom stereocenters. The van der Waals surface area contributed by atoms with Crippen LogP contribution >= 0.6 is 11.3 Å². The summed E-state index contributed by atoms with van der Waals surface area (Å²) in [5.41, 5.74) is 4.17. The van der Waals surface area contributed by atoms with Gasteiger partial charge in [0, 0.05) is 92.9 Å². The molecule has 0 radical (unpaired) electrons. The van der Waals surface area contributed by atoms with Crippen LogP contribution in [0.1, 0.15) is 102 Å². The topological polar surface area (TPSA) is 382 Å². The van der Waals surface area contributed by atoms with Gasteiger partial charge in [-0.2, -0.15) is 5.10 Å². The molecule has 13 rings (SSSR count). The van der Waals surface area contributed by atoms with E-state index in [0.717, 1.165) is 82.6 Å². The predicted molar refractivity (Wildman–Crippen MR) is 365 cm³/mol. The van der Waals surface area contributed by atoms with Gasteiger partial charge in [0.1, 0.15) is 48.8 Å². The van der Waals surface area contributed by atoms with Crippen LogP contribution in [0.2, 0.25) is 0 Å². The van der Waals surface area contributed by atoms with Crippen molar-refractivity contribution in [2.75, 3.05) is 82.3 Å². The molecule has 3 aliphatic heterocycles. The van der Waals surface area contributed by atoms with Gasteiger partial charge >= 0.3 is 18.0 Å². The number of nitrogens with zero attached hydrogens (tertiary/aromatic N) is 7. The van der Waals surface area contributed by atoms with E-state index in [9.17, 15) is 63.9 Å². The number of imide groups is 1. The number of amides is 6. The highest BCUT2D eigenvalue weighted by Gasteiger charge is 2.66. The summed E-state index contributed by atoms with van der Waals surface area (Å²) >= 11 is 1.39. The lowest BCUT2D eigenvalue weighted by atomic mass is 9.39. The number of ether oxygens (including phenoxy) is 6. The van der Waals surface area contributed by atoms with Crippen LogP contribution in [0.3, 0.4) is 0 Å². The highest BCUT2D eigenvalue weighted by atomic mass is 32.1. The number of carbonyl (C=O) groups excluding carboxylic acids is 6. The molecule has 5 fully saturated rings. The molecule has 29 nitrogen and oxygen atoms in total. The van der Waals surface area contributed by atoms with Crippen molar-refractivity contribution >= 4 is 91.8 Å². The second-order valence-electron chi connectivity index (χ2n) is 27.6. The molecule has 3 aromatic heterocycles. The van der Waals surface area contributed by atoms with E-state index in [1.54, 1.807) is 43.7 Å². The van der Waals surface area contributed by atoms with Gasteiger partial charge in [-0.15, -0.1) is 0 Å². The Labute approximate surface area is 584 Å². The number of carbonyl (C=O) groups is 8. The number of carboxylic acid groups (broad SMARTS) is 2. The molecule has 0 spiro atoms. The van der Waals surface area contributed by atoms with Gasteiger partial charge in [-0.3, -0.25) is 38.9 Å². The minimum absolute atomic E-state index is 0.0364. The molecule has 4 aliphatic carbocycles. The molecule has 3 aromatic carbocycles. The van der Waals surface area contributed by atoms with Crippen molar-refractivity contribution < 1.29 is 92.3 Å². The first-order chi connectivity index (χ1) is 48.3. The average Bonchev–Trinajstić information content (AvgIpc) is 1.07. The van der Waals surface area contributed by atoms with Crippen molar-refractivity contribution in [2.24, 2.45) is 16.2 Å². The van der Waals surface area contributed by atoms with Crippen molar-refractivity contribution in [3.8, 4) is 22.6 Å². The van der Waals surface area contributed by atoms with Gasteiger partial charge in [-0.05, 0) is 134 Å². The number of aliphatic carboxylic acids is 1. The Kier molecular flexibility index (Phi) is 20.5. The van der Waals surface area contributed by atoms with Crippen LogP contribution in [0.15, 0.2) is 91.2 Å². The molecule has 2 unspecified atom stereocenters. The highest BCUT2D eigenvalue weighted by molar-refractivity contribution is 7.22. The number of benzene rings is 3. The lowest BCUT2D eigenvalue weighted by molar-refractivity contribution is -0.271. The molecule has 8 N–H and O–H groups in total. The number of hydrogen-bond acceptors (Lipinski definition) is 22. The number of aromatic carboxylic acids is 1. The van der Waals surface area contributed by atoms with E-state index in [4.69, 9.17) is 38.5 Å². The number of para-hydroxylation sites is 1. The van der Waals surface area contributed by atoms with Crippen LogP contribution in [-0.2, 0) is 62.4 Å². The number of anilines is 3. The Morgan fingerprint density at radius 3 is 2.28 bits per heavy atom. The zero-order valence-electron chi connectivity index (χ0n) is 56.3. The van der Waals surface area contributed by atoms with Crippen molar-refractivity contribution in [1.29, 1.82) is 0 Å². The van der Waals surface area contributed by atoms with E-state index in [1.807, 2.05) is 46.8 Å². The second-order valence-corrected chi connectivity index (χ2v) is 28.6. The lowest BCUT2D eigenvalue weighted by Crippen LogP contribution is -2.64. The smallest absolute Gasteiger partial charge is 0.410 e. The number of fused-ring (bicyclic) bond motifs is 2. The number of rotatable bonds is 27. The fourth-order valence-corrected chi connectivity index (χ4v) is 17.2. The van der Waals surface area contributed by atoms with Gasteiger partial charge in [-0.1, -0.05) is 49.5 Å². The molecule has 1 saturated heterocycles. The number of pyridine rings is 1. The Balaban J connectivity index is 0.687. The van der Waals surface area contributed by atoms with Gasteiger partial charge in [0.05, 0.1) is 48.0 Å². The predicted octanol–water partition coefficient (Wildman–Crippen LogP) is 5.96. The van der Waals surface area contributed by atoms with Crippen LogP contribution in [0.25, 0.3) is 27.4 Å². The Hall–Kier alpha value is -9.69. The minimum Gasteiger partial charge on any atom is -0.496 e. The fraction of sp³-hybridized carbons (Fsp3) is 0.451. The van der Waals surface area contributed by atoms with E-state index in [2.05, 4.69) is 34.8 Å². The van der Waals surface area contributed by atoms with Crippen molar-refractivity contribution in [3.05, 3.63) is 125 Å². The summed E-state index contributed by atoms with van der Waals surface area (Å²) in [4.78, 5) is 116. The zero-order chi connectivity index (χ0) is 71.7. The maximum absolute atomic E-state index is 14.0. The monoisotopic (exact) mass is 1410 g/mol. The van der Waals surface area contributed by atoms with Crippen molar-refractivity contribution in [2.45, 2.75) is 122 Å². The number of aliphatic hydroxyl groups is 3. The number of aliphatic hydroxyl groups excluding tert-OH is 3. The van der Waals surface area contributed by atoms with E-state index >= 15 is 0 Å². The quantitative estimate of drug-likeness (QED) is 0.0276. The third-order valence-electron chi connectivity index (χ3n) is 19.7. The molecule has 30 heteroatoms. The van der Waals surface area contributed by atoms with Gasteiger partial charge in [0.2, 0.25) is 18.1 Å². The molecule has 534 valence electrons. The third kappa shape index (κ3) is 15.3. The average molecular weight is 1410 g/mol. The fourth-order valence-electron chi connectivity index (χ4n) is 16.4. The minimum atomic E-state index is -2.00. The Morgan fingerprint density at radius 2 is 1.55 bits per heavy atom. The van der Waals surface area contributed by atoms with E-state index in [-0.39, 0.29) is 91.7 Å². The number of methoxy groups -OCH3 is 2. The van der Waals surface area contributed by atoms with Crippen LogP contribution in [0, 0.1) is 23.2 Å². The lowest BCUT2D eigenvalue weighted by Gasteiger charge is -2.69. The molecular weight excluding hydrogens is 1330 g/mol. The van der Waals surface area contributed by atoms with E-state index < -0.39 is 84.5 Å². The van der Waals surface area contributed by atoms with Gasteiger partial charge < -0.3 is 74.4 Å². The van der Waals surface area contributed by atoms with Crippen molar-refractivity contribution in [3.63, 3.8) is 0 Å². The summed E-state index contributed by atoms with van der Waals surface area (Å²) in [7, 11) is 3.12. The molecule has 7 aliphatic rings. The van der Waals surface area contributed by atoms with Gasteiger partial charge in [0.15, 0.2) is 16.9 Å². The van der Waals surface area contributed by atoms with Crippen LogP contribution in [0.4, 0.5) is 21.4 Å². The first-order valence-electron chi connectivity index (χ1n) is 33.2.